The van der Waals surface area contributed by atoms with Gasteiger partial charge in [-0.25, -0.2) is 0 Å². The van der Waals surface area contributed by atoms with Crippen molar-refractivity contribution in [3.63, 3.8) is 0 Å². The van der Waals surface area contributed by atoms with Crippen LogP contribution in [0.15, 0.2) is 24.3 Å². The molecule has 1 rings (SSSR count). The van der Waals surface area contributed by atoms with Gasteiger partial charge in [-0.3, -0.25) is 0 Å². The first-order valence-corrected chi connectivity index (χ1v) is 7.78. The van der Waals surface area contributed by atoms with Crippen LogP contribution in [0.1, 0.15) is 58.6 Å². The molecule has 0 aliphatic carbocycles. The molecule has 0 amide bonds. The molecule has 0 spiro atoms. The zero-order valence-electron chi connectivity index (χ0n) is 13.4. The van der Waals surface area contributed by atoms with E-state index in [0.29, 0.717) is 11.5 Å². The van der Waals surface area contributed by atoms with Gasteiger partial charge in [0.2, 0.25) is 0 Å². The minimum atomic E-state index is 0.332. The van der Waals surface area contributed by atoms with Gasteiger partial charge in [0.15, 0.2) is 0 Å². The monoisotopic (exact) mass is 261 g/mol. The van der Waals surface area contributed by atoms with E-state index in [-0.39, 0.29) is 0 Å². The Kier molecular flexibility index (Phi) is 6.57. The molecule has 1 heteroatoms. The molecule has 0 aliphatic heterocycles. The van der Waals surface area contributed by atoms with Crippen molar-refractivity contribution >= 4 is 0 Å². The van der Waals surface area contributed by atoms with Crippen molar-refractivity contribution in [3.8, 4) is 0 Å². The second-order valence-corrected chi connectivity index (χ2v) is 6.58. The highest BCUT2D eigenvalue weighted by Gasteiger charge is 2.23. The number of hydrogen-bond donors (Lipinski definition) is 1. The topological polar surface area (TPSA) is 12.0 Å². The molecule has 0 saturated heterocycles. The summed E-state index contributed by atoms with van der Waals surface area (Å²) in [7, 11) is 0. The molecule has 19 heavy (non-hydrogen) atoms. The van der Waals surface area contributed by atoms with E-state index in [1.165, 1.54) is 30.4 Å². The van der Waals surface area contributed by atoms with Crippen molar-refractivity contribution in [3.05, 3.63) is 35.4 Å². The molecule has 0 fully saturated rings. The lowest BCUT2D eigenvalue weighted by Gasteiger charge is -2.32. The lowest BCUT2D eigenvalue weighted by Crippen LogP contribution is -2.41. The molecule has 1 atom stereocenters. The lowest BCUT2D eigenvalue weighted by molar-refractivity contribution is 0.255. The van der Waals surface area contributed by atoms with Crippen LogP contribution in [0.2, 0.25) is 0 Å². The SMILES string of the molecule is CCCNC(CCc1ccc(CC)cc1)C(C)(C)C. The van der Waals surface area contributed by atoms with Gasteiger partial charge < -0.3 is 5.32 Å². The van der Waals surface area contributed by atoms with E-state index in [9.17, 15) is 0 Å². The Morgan fingerprint density at radius 3 is 2.05 bits per heavy atom. The second-order valence-electron chi connectivity index (χ2n) is 6.58. The van der Waals surface area contributed by atoms with Crippen LogP contribution in [-0.2, 0) is 12.8 Å². The van der Waals surface area contributed by atoms with Crippen molar-refractivity contribution in [1.82, 2.24) is 5.32 Å². The zero-order valence-corrected chi connectivity index (χ0v) is 13.4. The van der Waals surface area contributed by atoms with Gasteiger partial charge in [0.1, 0.15) is 0 Å². The Balaban J connectivity index is 2.54. The molecule has 0 aliphatic rings. The van der Waals surface area contributed by atoms with Gasteiger partial charge >= 0.3 is 0 Å². The van der Waals surface area contributed by atoms with Gasteiger partial charge in [-0.15, -0.1) is 0 Å². The fourth-order valence-corrected chi connectivity index (χ4v) is 2.41. The summed E-state index contributed by atoms with van der Waals surface area (Å²) >= 11 is 0. The van der Waals surface area contributed by atoms with Crippen molar-refractivity contribution in [2.45, 2.75) is 66.3 Å². The van der Waals surface area contributed by atoms with Crippen molar-refractivity contribution in [2.75, 3.05) is 6.54 Å². The van der Waals surface area contributed by atoms with E-state index in [1.807, 2.05) is 0 Å². The van der Waals surface area contributed by atoms with Crippen LogP contribution in [-0.4, -0.2) is 12.6 Å². The van der Waals surface area contributed by atoms with Gasteiger partial charge in [0, 0.05) is 6.04 Å². The molecule has 1 nitrogen and oxygen atoms in total. The summed E-state index contributed by atoms with van der Waals surface area (Å²) in [5.74, 6) is 0. The summed E-state index contributed by atoms with van der Waals surface area (Å²) in [4.78, 5) is 0. The van der Waals surface area contributed by atoms with E-state index >= 15 is 0 Å². The van der Waals surface area contributed by atoms with Crippen LogP contribution in [0.25, 0.3) is 0 Å². The molecule has 0 bridgehead atoms. The van der Waals surface area contributed by atoms with Gasteiger partial charge in [-0.05, 0) is 48.8 Å². The standard InChI is InChI=1S/C18H31N/c1-6-14-19-17(18(3,4)5)13-12-16-10-8-15(7-2)9-11-16/h8-11,17,19H,6-7,12-14H2,1-5H3. The van der Waals surface area contributed by atoms with E-state index in [0.717, 1.165) is 13.0 Å². The van der Waals surface area contributed by atoms with Gasteiger partial charge in [0.05, 0.1) is 0 Å². The highest BCUT2D eigenvalue weighted by Crippen LogP contribution is 2.23. The Labute approximate surface area is 119 Å². The smallest absolute Gasteiger partial charge is 0.0119 e. The summed E-state index contributed by atoms with van der Waals surface area (Å²) in [5.41, 5.74) is 3.23. The summed E-state index contributed by atoms with van der Waals surface area (Å²) in [6.07, 6.45) is 4.72. The molecule has 1 aromatic rings. The van der Waals surface area contributed by atoms with Crippen molar-refractivity contribution in [1.29, 1.82) is 0 Å². The maximum atomic E-state index is 3.70. The second kappa shape index (κ2) is 7.69. The largest absolute Gasteiger partial charge is 0.313 e. The van der Waals surface area contributed by atoms with Crippen LogP contribution in [0, 0.1) is 5.41 Å². The van der Waals surface area contributed by atoms with Crippen LogP contribution in [0.3, 0.4) is 0 Å². The molecular formula is C18H31N. The third-order valence-corrected chi connectivity index (χ3v) is 3.84. The quantitative estimate of drug-likeness (QED) is 0.756. The van der Waals surface area contributed by atoms with E-state index in [2.05, 4.69) is 64.2 Å². The number of hydrogen-bond acceptors (Lipinski definition) is 1. The summed E-state index contributed by atoms with van der Waals surface area (Å²) in [6, 6.07) is 9.71. The van der Waals surface area contributed by atoms with Crippen LogP contribution in [0.5, 0.6) is 0 Å². The van der Waals surface area contributed by atoms with Crippen LogP contribution >= 0.6 is 0 Å². The predicted molar refractivity (Wildman–Crippen MR) is 85.7 cm³/mol. The molecule has 1 N–H and O–H groups in total. The fourth-order valence-electron chi connectivity index (χ4n) is 2.41. The molecule has 0 saturated carbocycles. The lowest BCUT2D eigenvalue weighted by atomic mass is 9.83. The highest BCUT2D eigenvalue weighted by atomic mass is 14.9. The van der Waals surface area contributed by atoms with E-state index < -0.39 is 0 Å². The summed E-state index contributed by atoms with van der Waals surface area (Å²) < 4.78 is 0. The average Bonchev–Trinajstić information content (AvgIpc) is 2.38. The number of aryl methyl sites for hydroxylation is 2. The van der Waals surface area contributed by atoms with Crippen molar-refractivity contribution < 1.29 is 0 Å². The fraction of sp³-hybridized carbons (Fsp3) is 0.667. The van der Waals surface area contributed by atoms with Gasteiger partial charge in [0.25, 0.3) is 0 Å². The Morgan fingerprint density at radius 1 is 1.00 bits per heavy atom. The molecule has 0 radical (unpaired) electrons. The number of rotatable bonds is 7. The molecule has 1 aromatic carbocycles. The van der Waals surface area contributed by atoms with E-state index in [1.54, 1.807) is 0 Å². The molecule has 0 heterocycles. The minimum absolute atomic E-state index is 0.332. The summed E-state index contributed by atoms with van der Waals surface area (Å²) in [5, 5.41) is 3.70. The van der Waals surface area contributed by atoms with Crippen LogP contribution < -0.4 is 5.32 Å². The molecule has 1 unspecified atom stereocenters. The van der Waals surface area contributed by atoms with Gasteiger partial charge in [-0.2, -0.15) is 0 Å². The first-order chi connectivity index (χ1) is 8.97. The normalized spacial score (nSPS) is 13.5. The Morgan fingerprint density at radius 2 is 1.58 bits per heavy atom. The number of nitrogens with one attached hydrogen (secondary N) is 1. The molecule has 108 valence electrons. The highest BCUT2D eigenvalue weighted by molar-refractivity contribution is 5.22. The molecule has 0 aromatic heterocycles. The maximum Gasteiger partial charge on any atom is 0.0119 e. The summed E-state index contributed by atoms with van der Waals surface area (Å²) in [6.45, 7) is 12.6. The number of benzene rings is 1. The zero-order chi connectivity index (χ0) is 14.3. The third kappa shape index (κ3) is 5.78. The van der Waals surface area contributed by atoms with Gasteiger partial charge in [-0.1, -0.05) is 58.9 Å². The van der Waals surface area contributed by atoms with E-state index in [4.69, 9.17) is 0 Å². The maximum absolute atomic E-state index is 3.70. The third-order valence-electron chi connectivity index (χ3n) is 3.84. The average molecular weight is 261 g/mol. The Hall–Kier alpha value is -0.820. The van der Waals surface area contributed by atoms with Crippen molar-refractivity contribution in [2.24, 2.45) is 5.41 Å². The van der Waals surface area contributed by atoms with Crippen LogP contribution in [0.4, 0.5) is 0 Å². The first kappa shape index (κ1) is 16.2. The minimum Gasteiger partial charge on any atom is -0.313 e. The molecular weight excluding hydrogens is 230 g/mol. The first-order valence-electron chi connectivity index (χ1n) is 7.78. The Bertz CT molecular complexity index is 345. The predicted octanol–water partition coefficient (Wildman–Crippen LogP) is 4.60.